The molecule has 0 aliphatic heterocycles. The highest BCUT2D eigenvalue weighted by Gasteiger charge is 2.61. The fourth-order valence-electron chi connectivity index (χ4n) is 3.55. The summed E-state index contributed by atoms with van der Waals surface area (Å²) in [5.74, 6) is -0.0822. The molecule has 1 aliphatic rings. The lowest BCUT2D eigenvalue weighted by atomic mass is 9.54. The number of hydrogen-bond acceptors (Lipinski definition) is 4. The van der Waals surface area contributed by atoms with Gasteiger partial charge in [-0.3, -0.25) is 9.48 Å². The number of aliphatic hydroxyl groups excluding tert-OH is 1. The third kappa shape index (κ3) is 2.90. The van der Waals surface area contributed by atoms with Crippen molar-refractivity contribution in [2.75, 3.05) is 13.2 Å². The SMILES string of the molecule is CCOC1CC(CO)(NC(=O)Cc2c(C)nn(C)c2C)C1(C)C. The van der Waals surface area contributed by atoms with E-state index >= 15 is 0 Å². The van der Waals surface area contributed by atoms with Crippen molar-refractivity contribution in [2.45, 2.75) is 59.1 Å². The summed E-state index contributed by atoms with van der Waals surface area (Å²) in [7, 11) is 1.88. The summed E-state index contributed by atoms with van der Waals surface area (Å²) in [4.78, 5) is 12.5. The van der Waals surface area contributed by atoms with Gasteiger partial charge < -0.3 is 15.2 Å². The number of hydrogen-bond donors (Lipinski definition) is 2. The topological polar surface area (TPSA) is 76.4 Å². The van der Waals surface area contributed by atoms with E-state index in [0.29, 0.717) is 13.0 Å². The third-order valence-electron chi connectivity index (χ3n) is 5.58. The van der Waals surface area contributed by atoms with E-state index in [-0.39, 0.29) is 30.5 Å². The Morgan fingerprint density at radius 1 is 1.48 bits per heavy atom. The lowest BCUT2D eigenvalue weighted by Gasteiger charge is -2.60. The zero-order valence-corrected chi connectivity index (χ0v) is 15.1. The van der Waals surface area contributed by atoms with Crippen LogP contribution in [0.3, 0.4) is 0 Å². The molecule has 1 aliphatic carbocycles. The summed E-state index contributed by atoms with van der Waals surface area (Å²) in [6.45, 7) is 10.5. The highest BCUT2D eigenvalue weighted by molar-refractivity contribution is 5.80. The molecule has 2 N–H and O–H groups in total. The maximum absolute atomic E-state index is 12.5. The fraction of sp³-hybridized carbons (Fsp3) is 0.765. The van der Waals surface area contributed by atoms with Crippen LogP contribution in [0.4, 0.5) is 0 Å². The normalized spacial score (nSPS) is 26.0. The Balaban J connectivity index is 2.10. The average molecular weight is 323 g/mol. The van der Waals surface area contributed by atoms with E-state index in [0.717, 1.165) is 17.0 Å². The van der Waals surface area contributed by atoms with Crippen LogP contribution in [-0.2, 0) is 23.0 Å². The second kappa shape index (κ2) is 6.24. The molecule has 0 saturated heterocycles. The molecule has 2 unspecified atom stereocenters. The number of aromatic nitrogens is 2. The van der Waals surface area contributed by atoms with Crippen LogP contribution in [0, 0.1) is 19.3 Å². The number of rotatable bonds is 6. The predicted octanol–water partition coefficient (Wildman–Crippen LogP) is 1.26. The van der Waals surface area contributed by atoms with Crippen molar-refractivity contribution in [1.29, 1.82) is 0 Å². The van der Waals surface area contributed by atoms with E-state index in [1.165, 1.54) is 0 Å². The van der Waals surface area contributed by atoms with Gasteiger partial charge in [0.1, 0.15) is 0 Å². The smallest absolute Gasteiger partial charge is 0.225 e. The van der Waals surface area contributed by atoms with Gasteiger partial charge in [0.05, 0.1) is 30.4 Å². The Bertz CT molecular complexity index is 594. The third-order valence-corrected chi connectivity index (χ3v) is 5.58. The van der Waals surface area contributed by atoms with Crippen LogP contribution in [0.2, 0.25) is 0 Å². The summed E-state index contributed by atoms with van der Waals surface area (Å²) >= 11 is 0. The molecule has 1 heterocycles. The van der Waals surface area contributed by atoms with Gasteiger partial charge in [0, 0.05) is 36.7 Å². The van der Waals surface area contributed by atoms with Gasteiger partial charge in [-0.15, -0.1) is 0 Å². The number of aryl methyl sites for hydroxylation is 2. The van der Waals surface area contributed by atoms with E-state index in [1.54, 1.807) is 4.68 Å². The van der Waals surface area contributed by atoms with Crippen molar-refractivity contribution < 1.29 is 14.6 Å². The molecule has 0 radical (unpaired) electrons. The molecule has 0 spiro atoms. The Kier molecular flexibility index (Phi) is 4.87. The average Bonchev–Trinajstić information content (AvgIpc) is 2.72. The molecule has 2 atom stereocenters. The molecule has 2 rings (SSSR count). The zero-order chi connectivity index (χ0) is 17.4. The molecular formula is C17H29N3O3. The van der Waals surface area contributed by atoms with Crippen molar-refractivity contribution in [3.05, 3.63) is 17.0 Å². The van der Waals surface area contributed by atoms with Gasteiger partial charge in [0.15, 0.2) is 0 Å². The highest BCUT2D eigenvalue weighted by Crippen LogP contribution is 2.51. The van der Waals surface area contributed by atoms with Crippen LogP contribution < -0.4 is 5.32 Å². The molecule has 1 amide bonds. The Morgan fingerprint density at radius 2 is 2.13 bits per heavy atom. The van der Waals surface area contributed by atoms with Crippen LogP contribution in [0.15, 0.2) is 0 Å². The minimum Gasteiger partial charge on any atom is -0.394 e. The van der Waals surface area contributed by atoms with Crippen molar-refractivity contribution in [3.8, 4) is 0 Å². The Hall–Kier alpha value is -1.40. The summed E-state index contributed by atoms with van der Waals surface area (Å²) in [5, 5.41) is 17.3. The van der Waals surface area contributed by atoms with Gasteiger partial charge in [-0.25, -0.2) is 0 Å². The second-order valence-electron chi connectivity index (χ2n) is 7.11. The van der Waals surface area contributed by atoms with Crippen LogP contribution in [0.5, 0.6) is 0 Å². The number of aliphatic hydroxyl groups is 1. The monoisotopic (exact) mass is 323 g/mol. The summed E-state index contributed by atoms with van der Waals surface area (Å²) in [5.41, 5.74) is 1.91. The number of amides is 1. The minimum atomic E-state index is -0.617. The zero-order valence-electron chi connectivity index (χ0n) is 15.1. The number of carbonyl (C=O) groups excluding carboxylic acids is 1. The van der Waals surface area contributed by atoms with Crippen molar-refractivity contribution in [3.63, 3.8) is 0 Å². The van der Waals surface area contributed by atoms with Gasteiger partial charge in [-0.05, 0) is 20.8 Å². The van der Waals surface area contributed by atoms with E-state index in [9.17, 15) is 9.90 Å². The van der Waals surface area contributed by atoms with Crippen molar-refractivity contribution in [2.24, 2.45) is 12.5 Å². The second-order valence-corrected chi connectivity index (χ2v) is 7.11. The molecule has 0 aromatic carbocycles. The molecular weight excluding hydrogens is 294 g/mol. The van der Waals surface area contributed by atoms with Crippen LogP contribution >= 0.6 is 0 Å². The molecule has 1 aromatic heterocycles. The van der Waals surface area contributed by atoms with Crippen LogP contribution in [0.1, 0.15) is 44.1 Å². The van der Waals surface area contributed by atoms with Crippen molar-refractivity contribution >= 4 is 5.91 Å². The van der Waals surface area contributed by atoms with Crippen LogP contribution in [-0.4, -0.2) is 45.7 Å². The first-order valence-electron chi connectivity index (χ1n) is 8.21. The van der Waals surface area contributed by atoms with Crippen molar-refractivity contribution in [1.82, 2.24) is 15.1 Å². The first-order chi connectivity index (χ1) is 10.7. The first-order valence-corrected chi connectivity index (χ1v) is 8.21. The molecule has 130 valence electrons. The lowest BCUT2D eigenvalue weighted by molar-refractivity contribution is -0.180. The number of ether oxygens (including phenoxy) is 1. The maximum atomic E-state index is 12.5. The standard InChI is InChI=1S/C17H29N3O3/c1-7-23-14-9-17(10-21,16(14,4)5)18-15(22)8-13-11(2)19-20(6)12(13)3/h14,21H,7-10H2,1-6H3,(H,18,22). The first kappa shape index (κ1) is 17.9. The number of nitrogens with one attached hydrogen (secondary N) is 1. The quantitative estimate of drug-likeness (QED) is 0.826. The largest absolute Gasteiger partial charge is 0.394 e. The summed E-state index contributed by atoms with van der Waals surface area (Å²) in [6, 6.07) is 0. The number of carbonyl (C=O) groups is 1. The highest BCUT2D eigenvalue weighted by atomic mass is 16.5. The molecule has 6 heteroatoms. The molecule has 1 aromatic rings. The van der Waals surface area contributed by atoms with E-state index in [2.05, 4.69) is 10.4 Å². The maximum Gasteiger partial charge on any atom is 0.225 e. The van der Waals surface area contributed by atoms with E-state index in [4.69, 9.17) is 4.74 Å². The minimum absolute atomic E-state index is 0.0572. The lowest BCUT2D eigenvalue weighted by Crippen LogP contribution is -2.74. The van der Waals surface area contributed by atoms with E-state index in [1.807, 2.05) is 41.7 Å². The Morgan fingerprint density at radius 3 is 2.57 bits per heavy atom. The van der Waals surface area contributed by atoms with Gasteiger partial charge in [0.25, 0.3) is 0 Å². The number of nitrogens with zero attached hydrogens (tertiary/aromatic N) is 2. The molecule has 1 fully saturated rings. The Labute approximate surface area is 138 Å². The molecule has 6 nitrogen and oxygen atoms in total. The van der Waals surface area contributed by atoms with Gasteiger partial charge in [-0.1, -0.05) is 13.8 Å². The van der Waals surface area contributed by atoms with Gasteiger partial charge >= 0.3 is 0 Å². The summed E-state index contributed by atoms with van der Waals surface area (Å²) < 4.78 is 7.51. The fourth-order valence-corrected chi connectivity index (χ4v) is 3.55. The van der Waals surface area contributed by atoms with Gasteiger partial charge in [-0.2, -0.15) is 5.10 Å². The van der Waals surface area contributed by atoms with Gasteiger partial charge in [0.2, 0.25) is 5.91 Å². The van der Waals surface area contributed by atoms with E-state index < -0.39 is 5.54 Å². The van der Waals surface area contributed by atoms with Crippen LogP contribution in [0.25, 0.3) is 0 Å². The molecule has 23 heavy (non-hydrogen) atoms. The molecule has 1 saturated carbocycles. The molecule has 0 bridgehead atoms. The predicted molar refractivity (Wildman–Crippen MR) is 88.2 cm³/mol. The summed E-state index contributed by atoms with van der Waals surface area (Å²) in [6.07, 6.45) is 0.978.